The standard InChI is InChI=1S/C19H28N2O3/c1-23-12-13-9-16(10-13)21-19(22)20-15-6-4-7-17-14(11-15)5-3-8-18(17)24-2/h3,5,8,13,15-16H,4,6-7,9-12H2,1-2H3,(H2,20,21,22). The van der Waals surface area contributed by atoms with Crippen LogP contribution in [-0.4, -0.2) is 38.9 Å². The highest BCUT2D eigenvalue weighted by Crippen LogP contribution is 2.29. The van der Waals surface area contributed by atoms with Crippen molar-refractivity contribution in [3.05, 3.63) is 29.3 Å². The summed E-state index contributed by atoms with van der Waals surface area (Å²) in [7, 11) is 3.45. The first-order valence-electron chi connectivity index (χ1n) is 8.90. The number of urea groups is 1. The number of carbonyl (C=O) groups is 1. The smallest absolute Gasteiger partial charge is 0.315 e. The van der Waals surface area contributed by atoms with E-state index in [0.717, 1.165) is 50.9 Å². The SMILES string of the molecule is COCC1CC(NC(=O)NC2CCCc3c(cccc3OC)C2)C1. The van der Waals surface area contributed by atoms with Gasteiger partial charge in [-0.3, -0.25) is 0 Å². The first kappa shape index (κ1) is 17.1. The normalized spacial score (nSPS) is 25.8. The first-order chi connectivity index (χ1) is 11.7. The predicted octanol–water partition coefficient (Wildman–Crippen LogP) is 2.67. The summed E-state index contributed by atoms with van der Waals surface area (Å²) >= 11 is 0. The zero-order chi connectivity index (χ0) is 16.9. The van der Waals surface area contributed by atoms with Gasteiger partial charge in [-0.15, -0.1) is 0 Å². The Labute approximate surface area is 144 Å². The zero-order valence-electron chi connectivity index (χ0n) is 14.6. The minimum Gasteiger partial charge on any atom is -0.496 e. The summed E-state index contributed by atoms with van der Waals surface area (Å²) in [5, 5.41) is 6.25. The van der Waals surface area contributed by atoms with E-state index in [1.165, 1.54) is 11.1 Å². The average Bonchev–Trinajstić information content (AvgIpc) is 2.74. The van der Waals surface area contributed by atoms with Gasteiger partial charge in [0.1, 0.15) is 5.75 Å². The summed E-state index contributed by atoms with van der Waals surface area (Å²) in [5.74, 6) is 1.56. The molecule has 0 radical (unpaired) electrons. The van der Waals surface area contributed by atoms with Crippen LogP contribution in [-0.2, 0) is 17.6 Å². The lowest BCUT2D eigenvalue weighted by Crippen LogP contribution is -2.51. The lowest BCUT2D eigenvalue weighted by molar-refractivity contribution is 0.0907. The van der Waals surface area contributed by atoms with Crippen molar-refractivity contribution in [3.8, 4) is 5.75 Å². The van der Waals surface area contributed by atoms with Crippen LogP contribution in [0.25, 0.3) is 0 Å². The summed E-state index contributed by atoms with van der Waals surface area (Å²) in [4.78, 5) is 12.2. The molecule has 1 saturated carbocycles. The van der Waals surface area contributed by atoms with Crippen molar-refractivity contribution in [2.24, 2.45) is 5.92 Å². The third-order valence-corrected chi connectivity index (χ3v) is 5.20. The minimum atomic E-state index is -0.0350. The van der Waals surface area contributed by atoms with Crippen LogP contribution in [0.5, 0.6) is 5.75 Å². The van der Waals surface area contributed by atoms with Gasteiger partial charge < -0.3 is 20.1 Å². The number of methoxy groups -OCH3 is 2. The van der Waals surface area contributed by atoms with Crippen molar-refractivity contribution < 1.29 is 14.3 Å². The molecule has 2 aliphatic rings. The maximum Gasteiger partial charge on any atom is 0.315 e. The van der Waals surface area contributed by atoms with E-state index in [1.54, 1.807) is 14.2 Å². The zero-order valence-corrected chi connectivity index (χ0v) is 14.6. The molecule has 0 aromatic heterocycles. The Morgan fingerprint density at radius 2 is 2.00 bits per heavy atom. The van der Waals surface area contributed by atoms with Gasteiger partial charge in [-0.05, 0) is 61.6 Å². The fourth-order valence-electron chi connectivity index (χ4n) is 3.93. The van der Waals surface area contributed by atoms with Gasteiger partial charge in [0, 0.05) is 25.8 Å². The Balaban J connectivity index is 1.51. The Morgan fingerprint density at radius 1 is 1.21 bits per heavy atom. The first-order valence-corrected chi connectivity index (χ1v) is 8.90. The summed E-state index contributed by atoms with van der Waals surface area (Å²) < 4.78 is 10.6. The molecule has 0 heterocycles. The lowest BCUT2D eigenvalue weighted by atomic mass is 9.81. The van der Waals surface area contributed by atoms with E-state index in [2.05, 4.69) is 16.7 Å². The van der Waals surface area contributed by atoms with Crippen LogP contribution >= 0.6 is 0 Å². The summed E-state index contributed by atoms with van der Waals surface area (Å²) in [6.07, 6.45) is 6.00. The number of benzene rings is 1. The minimum absolute atomic E-state index is 0.0350. The number of carbonyl (C=O) groups excluding carboxylic acids is 1. The second kappa shape index (κ2) is 7.88. The van der Waals surface area contributed by atoms with Crippen molar-refractivity contribution in [1.29, 1.82) is 0 Å². The lowest BCUT2D eigenvalue weighted by Gasteiger charge is -2.35. The van der Waals surface area contributed by atoms with E-state index in [1.807, 2.05) is 12.1 Å². The van der Waals surface area contributed by atoms with E-state index in [0.29, 0.717) is 12.0 Å². The van der Waals surface area contributed by atoms with Crippen LogP contribution in [0.15, 0.2) is 18.2 Å². The maximum absolute atomic E-state index is 12.2. The molecule has 0 spiro atoms. The third kappa shape index (κ3) is 4.01. The predicted molar refractivity (Wildman–Crippen MR) is 93.5 cm³/mol. The number of fused-ring (bicyclic) bond motifs is 1. The molecule has 3 rings (SSSR count). The second-order valence-electron chi connectivity index (χ2n) is 7.00. The molecular formula is C19H28N2O3. The third-order valence-electron chi connectivity index (χ3n) is 5.20. The molecule has 5 heteroatoms. The molecule has 1 unspecified atom stereocenters. The molecule has 1 aromatic carbocycles. The molecule has 2 aliphatic carbocycles. The Hall–Kier alpha value is -1.75. The Bertz CT molecular complexity index is 570. The van der Waals surface area contributed by atoms with Gasteiger partial charge in [0.15, 0.2) is 0 Å². The Kier molecular flexibility index (Phi) is 5.61. The monoisotopic (exact) mass is 332 g/mol. The molecule has 0 saturated heterocycles. The number of amides is 2. The van der Waals surface area contributed by atoms with Gasteiger partial charge >= 0.3 is 6.03 Å². The fourth-order valence-corrected chi connectivity index (χ4v) is 3.93. The molecule has 0 aliphatic heterocycles. The van der Waals surface area contributed by atoms with Gasteiger partial charge in [0.2, 0.25) is 0 Å². The van der Waals surface area contributed by atoms with Crippen molar-refractivity contribution in [2.45, 2.75) is 50.6 Å². The van der Waals surface area contributed by atoms with Crippen LogP contribution in [0.4, 0.5) is 4.79 Å². The number of rotatable bonds is 5. The quantitative estimate of drug-likeness (QED) is 0.815. The molecule has 2 amide bonds. The van der Waals surface area contributed by atoms with Gasteiger partial charge in [-0.1, -0.05) is 12.1 Å². The highest BCUT2D eigenvalue weighted by atomic mass is 16.5. The fraction of sp³-hybridized carbons (Fsp3) is 0.632. The maximum atomic E-state index is 12.2. The summed E-state index contributed by atoms with van der Waals surface area (Å²) in [5.41, 5.74) is 2.59. The number of hydrogen-bond donors (Lipinski definition) is 2. The molecule has 24 heavy (non-hydrogen) atoms. The van der Waals surface area contributed by atoms with Crippen molar-refractivity contribution >= 4 is 6.03 Å². The van der Waals surface area contributed by atoms with Crippen LogP contribution in [0.2, 0.25) is 0 Å². The summed E-state index contributed by atoms with van der Waals surface area (Å²) in [6, 6.07) is 6.65. The van der Waals surface area contributed by atoms with Gasteiger partial charge in [0.05, 0.1) is 7.11 Å². The van der Waals surface area contributed by atoms with Crippen LogP contribution < -0.4 is 15.4 Å². The molecule has 1 fully saturated rings. The van der Waals surface area contributed by atoms with Crippen molar-refractivity contribution in [1.82, 2.24) is 10.6 Å². The average molecular weight is 332 g/mol. The van der Waals surface area contributed by atoms with Crippen LogP contribution in [0.1, 0.15) is 36.8 Å². The van der Waals surface area contributed by atoms with Crippen LogP contribution in [0, 0.1) is 5.92 Å². The number of ether oxygens (including phenoxy) is 2. The molecule has 2 N–H and O–H groups in total. The van der Waals surface area contributed by atoms with E-state index in [9.17, 15) is 4.79 Å². The van der Waals surface area contributed by atoms with E-state index in [4.69, 9.17) is 9.47 Å². The van der Waals surface area contributed by atoms with E-state index in [-0.39, 0.29) is 12.1 Å². The van der Waals surface area contributed by atoms with Gasteiger partial charge in [-0.25, -0.2) is 4.79 Å². The van der Waals surface area contributed by atoms with E-state index < -0.39 is 0 Å². The topological polar surface area (TPSA) is 59.6 Å². The number of nitrogens with one attached hydrogen (secondary N) is 2. The summed E-state index contributed by atoms with van der Waals surface area (Å²) in [6.45, 7) is 0.793. The van der Waals surface area contributed by atoms with Crippen molar-refractivity contribution in [3.63, 3.8) is 0 Å². The van der Waals surface area contributed by atoms with Crippen molar-refractivity contribution in [2.75, 3.05) is 20.8 Å². The highest BCUT2D eigenvalue weighted by Gasteiger charge is 2.30. The van der Waals surface area contributed by atoms with Crippen LogP contribution in [0.3, 0.4) is 0 Å². The van der Waals surface area contributed by atoms with Gasteiger partial charge in [0.25, 0.3) is 0 Å². The Morgan fingerprint density at radius 3 is 2.75 bits per heavy atom. The van der Waals surface area contributed by atoms with E-state index >= 15 is 0 Å². The second-order valence-corrected chi connectivity index (χ2v) is 7.00. The molecular weight excluding hydrogens is 304 g/mol. The molecule has 1 aromatic rings. The largest absolute Gasteiger partial charge is 0.496 e. The molecule has 0 bridgehead atoms. The molecule has 132 valence electrons. The van der Waals surface area contributed by atoms with Gasteiger partial charge in [-0.2, -0.15) is 0 Å². The number of hydrogen-bond acceptors (Lipinski definition) is 3. The molecule has 1 atom stereocenters. The molecule has 5 nitrogen and oxygen atoms in total. The highest BCUT2D eigenvalue weighted by molar-refractivity contribution is 5.74.